The molecule has 2 N–H and O–H groups in total. The van der Waals surface area contributed by atoms with Gasteiger partial charge in [0.2, 0.25) is 5.91 Å². The maximum atomic E-state index is 12.1. The van der Waals surface area contributed by atoms with Crippen LogP contribution in [0.2, 0.25) is 5.02 Å². The standard InChI is InChI=1S/C15H12BrClN2O/c16-10-3-1-9(2-4-10)14-13(18)15(20)19(14)12-7-5-11(17)6-8-12/h1-8,13-14H,18H2/t13-,14+/m1/s1. The summed E-state index contributed by atoms with van der Waals surface area (Å²) < 4.78 is 0.999. The van der Waals surface area contributed by atoms with Gasteiger partial charge in [-0.05, 0) is 42.0 Å². The molecular formula is C15H12BrClN2O. The predicted molar refractivity (Wildman–Crippen MR) is 83.8 cm³/mol. The van der Waals surface area contributed by atoms with Gasteiger partial charge in [0.15, 0.2) is 0 Å². The highest BCUT2D eigenvalue weighted by molar-refractivity contribution is 9.10. The second kappa shape index (κ2) is 5.20. The van der Waals surface area contributed by atoms with Gasteiger partial charge in [-0.25, -0.2) is 0 Å². The van der Waals surface area contributed by atoms with Crippen molar-refractivity contribution in [1.82, 2.24) is 0 Å². The number of hydrogen-bond donors (Lipinski definition) is 1. The minimum atomic E-state index is -0.494. The third-order valence-electron chi connectivity index (χ3n) is 3.46. The SMILES string of the molecule is N[C@H]1C(=O)N(c2ccc(Cl)cc2)[C@H]1c1ccc(Br)cc1. The molecule has 1 aliphatic rings. The number of nitrogens with two attached hydrogens (primary N) is 1. The van der Waals surface area contributed by atoms with E-state index in [0.717, 1.165) is 15.7 Å². The number of anilines is 1. The van der Waals surface area contributed by atoms with Crippen LogP contribution in [-0.4, -0.2) is 11.9 Å². The van der Waals surface area contributed by atoms with E-state index in [2.05, 4.69) is 15.9 Å². The molecule has 1 fully saturated rings. The Morgan fingerprint density at radius 3 is 2.25 bits per heavy atom. The number of carbonyl (C=O) groups is 1. The summed E-state index contributed by atoms with van der Waals surface area (Å²) in [5.41, 5.74) is 7.80. The summed E-state index contributed by atoms with van der Waals surface area (Å²) in [6.07, 6.45) is 0. The first kappa shape index (κ1) is 13.6. The summed E-state index contributed by atoms with van der Waals surface area (Å²) in [5.74, 6) is -0.0692. The molecule has 0 unspecified atom stereocenters. The second-order valence-electron chi connectivity index (χ2n) is 4.71. The molecule has 1 amide bonds. The molecule has 102 valence electrons. The van der Waals surface area contributed by atoms with Crippen molar-refractivity contribution in [2.45, 2.75) is 12.1 Å². The number of carbonyl (C=O) groups excluding carboxylic acids is 1. The van der Waals surface area contributed by atoms with Crippen molar-refractivity contribution in [3.63, 3.8) is 0 Å². The van der Waals surface area contributed by atoms with Crippen molar-refractivity contribution < 1.29 is 4.79 Å². The quantitative estimate of drug-likeness (QED) is 0.842. The van der Waals surface area contributed by atoms with Gasteiger partial charge in [-0.3, -0.25) is 4.79 Å². The van der Waals surface area contributed by atoms with Gasteiger partial charge >= 0.3 is 0 Å². The number of amides is 1. The largest absolute Gasteiger partial charge is 0.318 e. The summed E-state index contributed by atoms with van der Waals surface area (Å²) in [6, 6.07) is 14.4. The van der Waals surface area contributed by atoms with Crippen molar-refractivity contribution in [2.24, 2.45) is 5.73 Å². The zero-order valence-electron chi connectivity index (χ0n) is 10.5. The van der Waals surface area contributed by atoms with Gasteiger partial charge in [0.05, 0.1) is 6.04 Å². The monoisotopic (exact) mass is 350 g/mol. The van der Waals surface area contributed by atoms with Gasteiger partial charge < -0.3 is 10.6 Å². The van der Waals surface area contributed by atoms with Crippen LogP contribution in [0.15, 0.2) is 53.0 Å². The fourth-order valence-electron chi connectivity index (χ4n) is 2.42. The Hall–Kier alpha value is -1.36. The molecule has 2 aromatic rings. The van der Waals surface area contributed by atoms with E-state index in [0.29, 0.717) is 5.02 Å². The van der Waals surface area contributed by atoms with Gasteiger partial charge in [-0.2, -0.15) is 0 Å². The third-order valence-corrected chi connectivity index (χ3v) is 4.24. The zero-order valence-corrected chi connectivity index (χ0v) is 12.8. The lowest BCUT2D eigenvalue weighted by Crippen LogP contribution is -2.63. The lowest BCUT2D eigenvalue weighted by atomic mass is 9.88. The number of nitrogens with zero attached hydrogens (tertiary/aromatic N) is 1. The molecule has 0 aromatic heterocycles. The Labute approximate surface area is 130 Å². The molecular weight excluding hydrogens is 340 g/mol. The first-order chi connectivity index (χ1) is 9.58. The average molecular weight is 352 g/mol. The fraction of sp³-hybridized carbons (Fsp3) is 0.133. The van der Waals surface area contributed by atoms with Crippen LogP contribution in [0.5, 0.6) is 0 Å². The van der Waals surface area contributed by atoms with Crippen molar-refractivity contribution in [3.05, 3.63) is 63.6 Å². The molecule has 1 heterocycles. The molecule has 5 heteroatoms. The molecule has 0 radical (unpaired) electrons. The molecule has 2 aromatic carbocycles. The molecule has 0 aliphatic carbocycles. The van der Waals surface area contributed by atoms with Gasteiger partial charge in [0.1, 0.15) is 6.04 Å². The Bertz CT molecular complexity index is 642. The number of β-lactam (4-membered cyclic amide) rings is 1. The number of hydrogen-bond acceptors (Lipinski definition) is 2. The maximum Gasteiger partial charge on any atom is 0.247 e. The van der Waals surface area contributed by atoms with E-state index < -0.39 is 6.04 Å². The van der Waals surface area contributed by atoms with E-state index in [1.54, 1.807) is 17.0 Å². The van der Waals surface area contributed by atoms with Crippen LogP contribution in [0.3, 0.4) is 0 Å². The van der Waals surface area contributed by atoms with Gasteiger partial charge in [-0.1, -0.05) is 39.7 Å². The Morgan fingerprint density at radius 1 is 1.05 bits per heavy atom. The Kier molecular flexibility index (Phi) is 3.54. The second-order valence-corrected chi connectivity index (χ2v) is 6.06. The van der Waals surface area contributed by atoms with Crippen LogP contribution in [0, 0.1) is 0 Å². The van der Waals surface area contributed by atoms with E-state index in [-0.39, 0.29) is 11.9 Å². The van der Waals surface area contributed by atoms with Crippen LogP contribution in [-0.2, 0) is 4.79 Å². The van der Waals surface area contributed by atoms with Gasteiger partial charge in [0.25, 0.3) is 0 Å². The number of rotatable bonds is 2. The normalized spacial score (nSPS) is 21.8. The molecule has 1 saturated heterocycles. The van der Waals surface area contributed by atoms with Crippen LogP contribution in [0.4, 0.5) is 5.69 Å². The highest BCUT2D eigenvalue weighted by Crippen LogP contribution is 2.38. The van der Waals surface area contributed by atoms with Crippen molar-refractivity contribution in [1.29, 1.82) is 0 Å². The first-order valence-electron chi connectivity index (χ1n) is 6.17. The smallest absolute Gasteiger partial charge is 0.247 e. The van der Waals surface area contributed by atoms with E-state index in [1.807, 2.05) is 36.4 Å². The Balaban J connectivity index is 1.95. The summed E-state index contributed by atoms with van der Waals surface area (Å²) in [6.45, 7) is 0. The molecule has 3 nitrogen and oxygen atoms in total. The van der Waals surface area contributed by atoms with Crippen LogP contribution in [0.1, 0.15) is 11.6 Å². The molecule has 0 bridgehead atoms. The lowest BCUT2D eigenvalue weighted by Gasteiger charge is -2.45. The minimum absolute atomic E-state index is 0.0692. The van der Waals surface area contributed by atoms with Gasteiger partial charge in [0, 0.05) is 15.2 Å². The molecule has 3 rings (SSSR count). The molecule has 1 aliphatic heterocycles. The van der Waals surface area contributed by atoms with E-state index in [9.17, 15) is 4.79 Å². The summed E-state index contributed by atoms with van der Waals surface area (Å²) in [7, 11) is 0. The first-order valence-corrected chi connectivity index (χ1v) is 7.35. The third kappa shape index (κ3) is 2.24. The van der Waals surface area contributed by atoms with Crippen LogP contribution in [0.25, 0.3) is 0 Å². The minimum Gasteiger partial charge on any atom is -0.318 e. The number of halogens is 2. The molecule has 0 spiro atoms. The van der Waals surface area contributed by atoms with Gasteiger partial charge in [-0.15, -0.1) is 0 Å². The highest BCUT2D eigenvalue weighted by Gasteiger charge is 2.46. The topological polar surface area (TPSA) is 46.3 Å². The van der Waals surface area contributed by atoms with E-state index in [4.69, 9.17) is 17.3 Å². The van der Waals surface area contributed by atoms with Crippen LogP contribution < -0.4 is 10.6 Å². The molecule has 2 atom stereocenters. The average Bonchev–Trinajstić information content (AvgIpc) is 2.46. The van der Waals surface area contributed by atoms with E-state index >= 15 is 0 Å². The maximum absolute atomic E-state index is 12.1. The summed E-state index contributed by atoms with van der Waals surface area (Å²) >= 11 is 9.28. The lowest BCUT2D eigenvalue weighted by molar-refractivity contribution is -0.126. The van der Waals surface area contributed by atoms with Crippen molar-refractivity contribution in [2.75, 3.05) is 4.90 Å². The van der Waals surface area contributed by atoms with Crippen molar-refractivity contribution in [3.8, 4) is 0 Å². The van der Waals surface area contributed by atoms with Crippen molar-refractivity contribution >= 4 is 39.1 Å². The molecule has 20 heavy (non-hydrogen) atoms. The summed E-state index contributed by atoms with van der Waals surface area (Å²) in [4.78, 5) is 13.8. The predicted octanol–water partition coefficient (Wildman–Crippen LogP) is 3.52. The van der Waals surface area contributed by atoms with E-state index in [1.165, 1.54) is 0 Å². The zero-order chi connectivity index (χ0) is 14.3. The highest BCUT2D eigenvalue weighted by atomic mass is 79.9. The molecule has 0 saturated carbocycles. The Morgan fingerprint density at radius 2 is 1.65 bits per heavy atom. The fourth-order valence-corrected chi connectivity index (χ4v) is 2.81. The summed E-state index contributed by atoms with van der Waals surface area (Å²) in [5, 5.41) is 0.645. The number of benzene rings is 2. The van der Waals surface area contributed by atoms with Crippen LogP contribution >= 0.6 is 27.5 Å².